The summed E-state index contributed by atoms with van der Waals surface area (Å²) in [6, 6.07) is 4.70. The summed E-state index contributed by atoms with van der Waals surface area (Å²) in [5.74, 6) is -0.636. The zero-order valence-electron chi connectivity index (χ0n) is 17.1. The number of nitro benzene ring substituents is 1. The van der Waals surface area contributed by atoms with Crippen molar-refractivity contribution < 1.29 is 36.7 Å². The van der Waals surface area contributed by atoms with E-state index in [2.05, 4.69) is 0 Å². The van der Waals surface area contributed by atoms with Gasteiger partial charge >= 0.3 is 25.2 Å². The lowest BCUT2D eigenvalue weighted by Crippen LogP contribution is -2.25. The number of likely N-dealkylation sites (N-methyl/N-ethyl adjacent to an activating group) is 1. The van der Waals surface area contributed by atoms with E-state index in [1.807, 2.05) is 0 Å². The molecule has 0 aliphatic rings. The maximum Gasteiger partial charge on any atom is 0.556 e. The van der Waals surface area contributed by atoms with Crippen LogP contribution in [0.1, 0.15) is 18.1 Å². The van der Waals surface area contributed by atoms with E-state index in [4.69, 9.17) is 20.9 Å². The Morgan fingerprint density at radius 1 is 1.22 bits per heavy atom. The standard InChI is InChI=1S/C19H18ClF3N2O6P/c1-4-11-7-14(25(27)28)17(32(29)30-10-18(26)24(2)3)9-16(11)31-15-6-5-12(8-13(15)20)19(21,22)23/h5-9H,4,10H2,1-3H3/q+1. The molecule has 2 rings (SSSR count). The number of ether oxygens (including phenoxy) is 1. The predicted octanol–water partition coefficient (Wildman–Crippen LogP) is 5.09. The van der Waals surface area contributed by atoms with Gasteiger partial charge in [0.1, 0.15) is 11.5 Å². The van der Waals surface area contributed by atoms with Gasteiger partial charge in [0.2, 0.25) is 0 Å². The first-order valence-electron chi connectivity index (χ1n) is 9.01. The minimum atomic E-state index is -4.60. The number of nitro groups is 1. The number of carbonyl (C=O) groups is 1. The summed E-state index contributed by atoms with van der Waals surface area (Å²) in [6.45, 7) is 1.10. The lowest BCUT2D eigenvalue weighted by atomic mass is 10.1. The zero-order chi connectivity index (χ0) is 24.2. The van der Waals surface area contributed by atoms with Crippen LogP contribution < -0.4 is 10.0 Å². The molecule has 1 amide bonds. The van der Waals surface area contributed by atoms with Gasteiger partial charge in [0.05, 0.1) is 15.5 Å². The van der Waals surface area contributed by atoms with Crippen molar-refractivity contribution in [3.8, 4) is 11.5 Å². The van der Waals surface area contributed by atoms with E-state index in [1.165, 1.54) is 19.0 Å². The van der Waals surface area contributed by atoms with E-state index in [1.54, 1.807) is 6.92 Å². The summed E-state index contributed by atoms with van der Waals surface area (Å²) in [7, 11) is 0.0871. The highest BCUT2D eigenvalue weighted by Gasteiger charge is 2.36. The van der Waals surface area contributed by atoms with Crippen LogP contribution in [0, 0.1) is 10.1 Å². The molecule has 0 saturated carbocycles. The Kier molecular flexibility index (Phi) is 8.17. The van der Waals surface area contributed by atoms with Crippen LogP contribution in [0.15, 0.2) is 30.3 Å². The Bertz CT molecular complexity index is 1060. The summed E-state index contributed by atoms with van der Waals surface area (Å²) in [5, 5.41) is 10.8. The van der Waals surface area contributed by atoms with Crippen LogP contribution in [0.2, 0.25) is 5.02 Å². The van der Waals surface area contributed by atoms with Gasteiger partial charge in [-0.15, -0.1) is 4.52 Å². The molecule has 0 N–H and O–H groups in total. The molecular weight excluding hydrogens is 476 g/mol. The fourth-order valence-electron chi connectivity index (χ4n) is 2.46. The first-order chi connectivity index (χ1) is 14.8. The molecule has 172 valence electrons. The van der Waals surface area contributed by atoms with E-state index in [0.717, 1.165) is 24.3 Å². The highest BCUT2D eigenvalue weighted by molar-refractivity contribution is 7.48. The van der Waals surface area contributed by atoms with Crippen LogP contribution in [0.3, 0.4) is 0 Å². The number of hydrogen-bond donors (Lipinski definition) is 0. The fourth-order valence-corrected chi connectivity index (χ4v) is 3.60. The van der Waals surface area contributed by atoms with Crippen LogP contribution in [0.4, 0.5) is 18.9 Å². The van der Waals surface area contributed by atoms with Crippen molar-refractivity contribution in [2.45, 2.75) is 19.5 Å². The highest BCUT2D eigenvalue weighted by Crippen LogP contribution is 2.39. The van der Waals surface area contributed by atoms with E-state index >= 15 is 0 Å². The molecular formula is C19H18ClF3N2O6P+. The van der Waals surface area contributed by atoms with Crippen molar-refractivity contribution >= 4 is 36.5 Å². The third-order valence-electron chi connectivity index (χ3n) is 4.22. The average molecular weight is 494 g/mol. The van der Waals surface area contributed by atoms with Gasteiger partial charge in [0.15, 0.2) is 6.61 Å². The molecule has 1 unspecified atom stereocenters. The number of rotatable bonds is 8. The van der Waals surface area contributed by atoms with E-state index in [-0.39, 0.29) is 28.2 Å². The third kappa shape index (κ3) is 6.15. The van der Waals surface area contributed by atoms with Crippen molar-refractivity contribution in [3.05, 3.63) is 56.6 Å². The molecule has 0 aromatic heterocycles. The minimum absolute atomic E-state index is 0.000597. The molecule has 0 fully saturated rings. The first-order valence-corrected chi connectivity index (χ1v) is 10.6. The molecule has 2 aromatic carbocycles. The normalized spacial score (nSPS) is 11.8. The number of halogens is 4. The molecule has 8 nitrogen and oxygen atoms in total. The number of nitrogens with zero attached hydrogens (tertiary/aromatic N) is 2. The van der Waals surface area contributed by atoms with E-state index in [9.17, 15) is 32.6 Å². The second kappa shape index (κ2) is 10.2. The smallest absolute Gasteiger partial charge is 0.455 e. The molecule has 13 heteroatoms. The number of alkyl halides is 3. The molecule has 0 radical (unpaired) electrons. The van der Waals surface area contributed by atoms with Crippen molar-refractivity contribution in [1.82, 2.24) is 4.90 Å². The van der Waals surface area contributed by atoms with Gasteiger partial charge in [-0.3, -0.25) is 14.9 Å². The Morgan fingerprint density at radius 3 is 2.38 bits per heavy atom. The van der Waals surface area contributed by atoms with Gasteiger partial charge in [-0.2, -0.15) is 13.2 Å². The first kappa shape index (κ1) is 25.5. The summed E-state index contributed by atoms with van der Waals surface area (Å²) < 4.78 is 61.7. The van der Waals surface area contributed by atoms with Crippen molar-refractivity contribution in [2.75, 3.05) is 20.7 Å². The molecule has 32 heavy (non-hydrogen) atoms. The lowest BCUT2D eigenvalue weighted by molar-refractivity contribution is -0.383. The maximum atomic E-state index is 12.8. The van der Waals surface area contributed by atoms with Crippen LogP contribution in [-0.4, -0.2) is 36.4 Å². The summed E-state index contributed by atoms with van der Waals surface area (Å²) in [6.07, 6.45) is -4.34. The zero-order valence-corrected chi connectivity index (χ0v) is 18.8. The second-order valence-corrected chi connectivity index (χ2v) is 8.28. The van der Waals surface area contributed by atoms with Crippen molar-refractivity contribution in [1.29, 1.82) is 0 Å². The Labute approximate surface area is 186 Å². The minimum Gasteiger partial charge on any atom is -0.455 e. The largest absolute Gasteiger partial charge is 0.556 e. The van der Waals surface area contributed by atoms with Crippen molar-refractivity contribution in [2.24, 2.45) is 0 Å². The number of amides is 1. The summed E-state index contributed by atoms with van der Waals surface area (Å²) >= 11 is 5.92. The fraction of sp³-hybridized carbons (Fsp3) is 0.316. The number of carbonyl (C=O) groups excluding carboxylic acids is 1. The topological polar surface area (TPSA) is 99.0 Å². The second-order valence-electron chi connectivity index (χ2n) is 6.62. The van der Waals surface area contributed by atoms with Crippen LogP contribution in [0.5, 0.6) is 11.5 Å². The van der Waals surface area contributed by atoms with Crippen molar-refractivity contribution in [3.63, 3.8) is 0 Å². The van der Waals surface area contributed by atoms with Crippen LogP contribution in [0.25, 0.3) is 0 Å². The molecule has 1 atom stereocenters. The van der Waals surface area contributed by atoms with Crippen LogP contribution in [-0.2, 0) is 26.5 Å². The Balaban J connectivity index is 2.45. The SMILES string of the molecule is CCc1cc([N+](=O)[O-])c([P+](=O)OCC(=O)N(C)C)cc1Oc1ccc(C(F)(F)F)cc1Cl. The molecule has 0 saturated heterocycles. The number of aryl methyl sites for hydroxylation is 1. The predicted molar refractivity (Wildman–Crippen MR) is 111 cm³/mol. The molecule has 0 heterocycles. The summed E-state index contributed by atoms with van der Waals surface area (Å²) in [4.78, 5) is 23.6. The van der Waals surface area contributed by atoms with Gasteiger partial charge < -0.3 is 9.64 Å². The van der Waals surface area contributed by atoms with Crippen LogP contribution >= 0.6 is 19.6 Å². The number of hydrogen-bond acceptors (Lipinski definition) is 6. The Hall–Kier alpha value is -2.75. The number of benzene rings is 2. The molecule has 0 aliphatic carbocycles. The highest BCUT2D eigenvalue weighted by atomic mass is 35.5. The van der Waals surface area contributed by atoms with E-state index < -0.39 is 42.9 Å². The monoisotopic (exact) mass is 493 g/mol. The molecule has 2 aromatic rings. The van der Waals surface area contributed by atoms with Gasteiger partial charge in [-0.05, 0) is 29.2 Å². The Morgan fingerprint density at radius 2 is 1.88 bits per heavy atom. The molecule has 0 spiro atoms. The van der Waals surface area contributed by atoms with E-state index in [0.29, 0.717) is 11.6 Å². The quantitative estimate of drug-likeness (QED) is 0.288. The average Bonchev–Trinajstić information content (AvgIpc) is 2.71. The lowest BCUT2D eigenvalue weighted by Gasteiger charge is -2.13. The van der Waals surface area contributed by atoms with Gasteiger partial charge in [0, 0.05) is 31.8 Å². The van der Waals surface area contributed by atoms with Gasteiger partial charge in [0.25, 0.3) is 5.91 Å². The third-order valence-corrected chi connectivity index (χ3v) is 5.63. The summed E-state index contributed by atoms with van der Waals surface area (Å²) in [5.41, 5.74) is -1.16. The maximum absolute atomic E-state index is 12.8. The molecule has 0 bridgehead atoms. The molecule has 0 aliphatic heterocycles. The van der Waals surface area contributed by atoms with Gasteiger partial charge in [-0.25, -0.2) is 0 Å². The van der Waals surface area contributed by atoms with Gasteiger partial charge in [-0.1, -0.05) is 18.5 Å².